The van der Waals surface area contributed by atoms with Crippen LogP contribution in [0.5, 0.6) is 0 Å². The smallest absolute Gasteiger partial charge is 0.416 e. The topological polar surface area (TPSA) is 76.3 Å². The summed E-state index contributed by atoms with van der Waals surface area (Å²) in [4.78, 5) is 0.344. The Bertz CT molecular complexity index is 1080. The first-order valence-corrected chi connectivity index (χ1v) is 10.7. The maximum absolute atomic E-state index is 13.0. The van der Waals surface area contributed by atoms with Crippen LogP contribution in [0.4, 0.5) is 13.2 Å². The molecule has 0 spiro atoms. The Morgan fingerprint density at radius 1 is 1.18 bits per heavy atom. The van der Waals surface area contributed by atoms with Crippen molar-refractivity contribution in [1.29, 1.82) is 0 Å². The summed E-state index contributed by atoms with van der Waals surface area (Å²) in [6, 6.07) is 6.65. The van der Waals surface area contributed by atoms with Gasteiger partial charge in [-0.3, -0.25) is 0 Å². The van der Waals surface area contributed by atoms with Gasteiger partial charge in [0, 0.05) is 6.54 Å². The minimum Gasteiger partial charge on any atom is -0.418 e. The number of halogens is 3. The number of sulfonamides is 1. The van der Waals surface area contributed by atoms with E-state index in [0.29, 0.717) is 18.9 Å². The Morgan fingerprint density at radius 2 is 2.00 bits per heavy atom. The molecule has 1 aromatic carbocycles. The summed E-state index contributed by atoms with van der Waals surface area (Å²) in [6.45, 7) is 0.167. The van der Waals surface area contributed by atoms with Gasteiger partial charge in [0.05, 0.1) is 15.3 Å². The van der Waals surface area contributed by atoms with Gasteiger partial charge < -0.3 is 4.42 Å². The van der Waals surface area contributed by atoms with Crippen LogP contribution in [0.2, 0.25) is 0 Å². The first-order valence-electron chi connectivity index (χ1n) is 8.33. The van der Waals surface area contributed by atoms with Gasteiger partial charge in [-0.2, -0.15) is 17.5 Å². The number of alkyl halides is 3. The third kappa shape index (κ3) is 3.45. The highest BCUT2D eigenvalue weighted by molar-refractivity contribution is 7.89. The van der Waals surface area contributed by atoms with Gasteiger partial charge in [-0.15, -0.1) is 21.5 Å². The molecule has 1 saturated heterocycles. The van der Waals surface area contributed by atoms with Gasteiger partial charge in [0.2, 0.25) is 15.9 Å². The van der Waals surface area contributed by atoms with Crippen LogP contribution in [0, 0.1) is 0 Å². The highest BCUT2D eigenvalue weighted by atomic mass is 32.2. The average molecular weight is 429 g/mol. The lowest BCUT2D eigenvalue weighted by Crippen LogP contribution is -2.31. The lowest BCUT2D eigenvalue weighted by molar-refractivity contribution is -0.137. The van der Waals surface area contributed by atoms with Crippen molar-refractivity contribution in [3.8, 4) is 10.8 Å². The van der Waals surface area contributed by atoms with Crippen LogP contribution in [-0.2, 0) is 16.2 Å². The molecule has 3 aromatic rings. The second-order valence-electron chi connectivity index (χ2n) is 6.22. The van der Waals surface area contributed by atoms with E-state index < -0.39 is 32.7 Å². The number of hydrogen-bond acceptors (Lipinski definition) is 6. The highest BCUT2D eigenvalue weighted by Gasteiger charge is 2.40. The first kappa shape index (κ1) is 19.1. The maximum atomic E-state index is 13.0. The van der Waals surface area contributed by atoms with Crippen LogP contribution in [0.25, 0.3) is 10.8 Å². The predicted octanol–water partition coefficient (Wildman–Crippen LogP) is 4.34. The van der Waals surface area contributed by atoms with Crippen LogP contribution < -0.4 is 0 Å². The van der Waals surface area contributed by atoms with Crippen molar-refractivity contribution in [1.82, 2.24) is 14.5 Å². The van der Waals surface area contributed by atoms with Crippen LogP contribution in [0.15, 0.2) is 51.1 Å². The van der Waals surface area contributed by atoms with Crippen molar-refractivity contribution in [2.24, 2.45) is 0 Å². The van der Waals surface area contributed by atoms with E-state index in [1.807, 2.05) is 11.4 Å². The Hall–Kier alpha value is -2.24. The lowest BCUT2D eigenvalue weighted by Gasteiger charge is -2.22. The van der Waals surface area contributed by atoms with Gasteiger partial charge in [0.25, 0.3) is 5.89 Å². The Balaban J connectivity index is 1.66. The van der Waals surface area contributed by atoms with Gasteiger partial charge in [-0.1, -0.05) is 12.1 Å². The molecule has 148 valence electrons. The van der Waals surface area contributed by atoms with E-state index in [9.17, 15) is 21.6 Å². The minimum absolute atomic E-state index is 0.136. The summed E-state index contributed by atoms with van der Waals surface area (Å²) in [5.74, 6) is 0.421. The van der Waals surface area contributed by atoms with Crippen molar-refractivity contribution in [3.63, 3.8) is 0 Å². The van der Waals surface area contributed by atoms with Crippen LogP contribution in [0.3, 0.4) is 0 Å². The van der Waals surface area contributed by atoms with E-state index in [2.05, 4.69) is 10.2 Å². The van der Waals surface area contributed by atoms with E-state index in [0.717, 1.165) is 27.4 Å². The van der Waals surface area contributed by atoms with E-state index in [-0.39, 0.29) is 18.3 Å². The molecule has 1 aliphatic heterocycles. The van der Waals surface area contributed by atoms with E-state index in [1.165, 1.54) is 11.3 Å². The predicted molar refractivity (Wildman–Crippen MR) is 94.9 cm³/mol. The Morgan fingerprint density at radius 3 is 2.71 bits per heavy atom. The summed E-state index contributed by atoms with van der Waals surface area (Å²) in [5.41, 5.74) is -1.01. The number of rotatable bonds is 4. The molecule has 1 aliphatic rings. The molecule has 6 nitrogen and oxygen atoms in total. The summed E-state index contributed by atoms with van der Waals surface area (Å²) < 4.78 is 71.7. The van der Waals surface area contributed by atoms with Gasteiger partial charge in [-0.05, 0) is 42.5 Å². The molecule has 28 heavy (non-hydrogen) atoms. The van der Waals surface area contributed by atoms with E-state index in [1.54, 1.807) is 6.07 Å². The first-order chi connectivity index (χ1) is 13.3. The van der Waals surface area contributed by atoms with E-state index >= 15 is 0 Å². The molecule has 4 rings (SSSR count). The van der Waals surface area contributed by atoms with Crippen molar-refractivity contribution in [2.45, 2.75) is 30.0 Å². The zero-order valence-corrected chi connectivity index (χ0v) is 15.9. The standard InChI is InChI=1S/C17H14F3N3O3S2/c18-17(19,20)11-4-1-5-12(10-11)28(24,25)23-8-2-6-13(23)15-21-22-16(26-15)14-7-3-9-27-14/h1,3-5,7,9-10,13H,2,6,8H2. The fourth-order valence-electron chi connectivity index (χ4n) is 3.11. The molecular weight excluding hydrogens is 415 g/mol. The largest absolute Gasteiger partial charge is 0.418 e. The highest BCUT2D eigenvalue weighted by Crippen LogP contribution is 2.38. The third-order valence-corrected chi connectivity index (χ3v) is 7.19. The SMILES string of the molecule is O=S(=O)(c1cccc(C(F)(F)F)c1)N1CCCC1c1nnc(-c2cccs2)o1. The fourth-order valence-corrected chi connectivity index (χ4v) is 5.45. The molecule has 1 atom stereocenters. The molecule has 0 amide bonds. The summed E-state index contributed by atoms with van der Waals surface area (Å²) in [5, 5.41) is 9.78. The lowest BCUT2D eigenvalue weighted by atomic mass is 10.2. The van der Waals surface area contributed by atoms with Crippen LogP contribution >= 0.6 is 11.3 Å². The normalized spacial score (nSPS) is 18.6. The number of thiophene rings is 1. The second kappa shape index (κ2) is 6.98. The van der Waals surface area contributed by atoms with Gasteiger partial charge in [0.1, 0.15) is 6.04 Å². The Kier molecular flexibility index (Phi) is 4.76. The molecular formula is C17H14F3N3O3S2. The van der Waals surface area contributed by atoms with Crippen LogP contribution in [0.1, 0.15) is 30.3 Å². The number of hydrogen-bond donors (Lipinski definition) is 0. The third-order valence-electron chi connectivity index (χ3n) is 4.43. The summed E-state index contributed by atoms with van der Waals surface area (Å²) in [6.07, 6.45) is -3.64. The molecule has 2 aromatic heterocycles. The van der Waals surface area contributed by atoms with Gasteiger partial charge in [-0.25, -0.2) is 8.42 Å². The molecule has 3 heterocycles. The van der Waals surface area contributed by atoms with Crippen molar-refractivity contribution < 1.29 is 26.0 Å². The van der Waals surface area contributed by atoms with Gasteiger partial charge >= 0.3 is 6.18 Å². The quantitative estimate of drug-likeness (QED) is 0.617. The molecule has 0 radical (unpaired) electrons. The van der Waals surface area contributed by atoms with Crippen LogP contribution in [-0.4, -0.2) is 29.5 Å². The molecule has 11 heteroatoms. The molecule has 1 fully saturated rings. The summed E-state index contributed by atoms with van der Waals surface area (Å²) in [7, 11) is -4.16. The zero-order chi connectivity index (χ0) is 19.9. The molecule has 0 N–H and O–H groups in total. The second-order valence-corrected chi connectivity index (χ2v) is 9.06. The number of nitrogens with zero attached hydrogens (tertiary/aromatic N) is 3. The fraction of sp³-hybridized carbons (Fsp3) is 0.294. The monoisotopic (exact) mass is 429 g/mol. The molecule has 0 saturated carbocycles. The Labute approximate surface area is 162 Å². The zero-order valence-electron chi connectivity index (χ0n) is 14.3. The van der Waals surface area contributed by atoms with Crippen molar-refractivity contribution >= 4 is 21.4 Å². The average Bonchev–Trinajstić information content (AvgIpc) is 3.40. The molecule has 0 aliphatic carbocycles. The minimum atomic E-state index is -4.63. The number of aromatic nitrogens is 2. The maximum Gasteiger partial charge on any atom is 0.416 e. The van der Waals surface area contributed by atoms with Gasteiger partial charge in [0.15, 0.2) is 0 Å². The van der Waals surface area contributed by atoms with E-state index in [4.69, 9.17) is 4.42 Å². The molecule has 1 unspecified atom stereocenters. The summed E-state index contributed by atoms with van der Waals surface area (Å²) >= 11 is 1.40. The number of benzene rings is 1. The van der Waals surface area contributed by atoms with Crippen molar-refractivity contribution in [3.05, 3.63) is 53.2 Å². The van der Waals surface area contributed by atoms with Crippen molar-refractivity contribution in [2.75, 3.05) is 6.54 Å². The molecule has 0 bridgehead atoms.